The monoisotopic (exact) mass is 392 g/mol. The highest BCUT2D eigenvalue weighted by Crippen LogP contribution is 2.08. The molecule has 0 aliphatic carbocycles. The van der Waals surface area contributed by atoms with Gasteiger partial charge in [0, 0.05) is 6.42 Å². The molecule has 0 aromatic carbocycles. The van der Waals surface area contributed by atoms with Crippen LogP contribution in [0.25, 0.3) is 0 Å². The SMILES string of the molecule is C.C.CC[N+](CC)(CC)CCC[N+](C)(C)C.[Br-].[Br-]. The van der Waals surface area contributed by atoms with Gasteiger partial charge < -0.3 is 42.9 Å². The van der Waals surface area contributed by atoms with Gasteiger partial charge in [0.2, 0.25) is 0 Å². The fourth-order valence-electron chi connectivity index (χ4n) is 2.03. The third-order valence-corrected chi connectivity index (χ3v) is 3.47. The van der Waals surface area contributed by atoms with Crippen LogP contribution in [0.2, 0.25) is 0 Å². The Balaban J connectivity index is -0.000000141. The molecule has 0 aromatic heterocycles. The Bertz CT molecular complexity index is 144. The quantitative estimate of drug-likeness (QED) is 0.411. The summed E-state index contributed by atoms with van der Waals surface area (Å²) in [6.45, 7) is 13.4. The summed E-state index contributed by atoms with van der Waals surface area (Å²) in [6.07, 6.45) is 1.35. The van der Waals surface area contributed by atoms with Crippen LogP contribution in [0.1, 0.15) is 42.0 Å². The summed E-state index contributed by atoms with van der Waals surface area (Å²) < 4.78 is 2.39. The van der Waals surface area contributed by atoms with E-state index in [1.807, 2.05) is 0 Å². The third-order valence-electron chi connectivity index (χ3n) is 3.47. The van der Waals surface area contributed by atoms with Gasteiger partial charge in [-0.25, -0.2) is 0 Å². The van der Waals surface area contributed by atoms with Crippen LogP contribution in [0, 0.1) is 0 Å². The first-order valence-electron chi connectivity index (χ1n) is 6.04. The molecule has 0 unspecified atom stereocenters. The normalized spacial score (nSPS) is 10.3. The summed E-state index contributed by atoms with van der Waals surface area (Å²) in [5, 5.41) is 0. The fourth-order valence-corrected chi connectivity index (χ4v) is 2.03. The highest BCUT2D eigenvalue weighted by molar-refractivity contribution is 4.40. The van der Waals surface area contributed by atoms with E-state index in [0.717, 1.165) is 4.48 Å². The summed E-state index contributed by atoms with van der Waals surface area (Å²) in [4.78, 5) is 0. The van der Waals surface area contributed by atoms with Crippen LogP contribution in [-0.2, 0) is 0 Å². The number of nitrogens with zero attached hydrogens (tertiary/aromatic N) is 2. The van der Waals surface area contributed by atoms with E-state index in [2.05, 4.69) is 41.9 Å². The molecular formula is C14H38Br2N2. The molecular weight excluding hydrogens is 356 g/mol. The summed E-state index contributed by atoms with van der Waals surface area (Å²) in [5.74, 6) is 0. The molecule has 0 fully saturated rings. The van der Waals surface area contributed by atoms with E-state index in [-0.39, 0.29) is 48.8 Å². The van der Waals surface area contributed by atoms with Gasteiger partial charge in [-0.05, 0) is 20.8 Å². The van der Waals surface area contributed by atoms with E-state index in [1.54, 1.807) is 0 Å². The summed E-state index contributed by atoms with van der Waals surface area (Å²) in [6, 6.07) is 0. The fraction of sp³-hybridized carbons (Fsp3) is 1.00. The third kappa shape index (κ3) is 13.3. The lowest BCUT2D eigenvalue weighted by Crippen LogP contribution is -3.00. The second kappa shape index (κ2) is 14.3. The molecule has 0 saturated carbocycles. The van der Waals surface area contributed by atoms with Gasteiger partial charge in [-0.1, -0.05) is 14.9 Å². The number of hydrogen-bond donors (Lipinski definition) is 0. The van der Waals surface area contributed by atoms with Crippen molar-refractivity contribution in [3.05, 3.63) is 0 Å². The molecule has 0 bridgehead atoms. The van der Waals surface area contributed by atoms with Crippen molar-refractivity contribution in [2.24, 2.45) is 0 Å². The van der Waals surface area contributed by atoms with Gasteiger partial charge in [0.1, 0.15) is 0 Å². The molecule has 118 valence electrons. The zero-order valence-electron chi connectivity index (χ0n) is 11.9. The maximum Gasteiger partial charge on any atom is 0.0840 e. The van der Waals surface area contributed by atoms with Crippen LogP contribution in [0.5, 0.6) is 0 Å². The molecule has 2 nitrogen and oxygen atoms in total. The Morgan fingerprint density at radius 1 is 0.667 bits per heavy atom. The van der Waals surface area contributed by atoms with Crippen molar-refractivity contribution in [3.63, 3.8) is 0 Å². The van der Waals surface area contributed by atoms with Crippen molar-refractivity contribution in [2.45, 2.75) is 42.0 Å². The summed E-state index contributed by atoms with van der Waals surface area (Å²) in [5.41, 5.74) is 0. The van der Waals surface area contributed by atoms with Crippen LogP contribution in [0.3, 0.4) is 0 Å². The van der Waals surface area contributed by atoms with E-state index in [9.17, 15) is 0 Å². The van der Waals surface area contributed by atoms with Gasteiger partial charge in [0.25, 0.3) is 0 Å². The van der Waals surface area contributed by atoms with E-state index in [1.165, 1.54) is 43.6 Å². The van der Waals surface area contributed by atoms with Crippen LogP contribution in [0.15, 0.2) is 0 Å². The average molecular weight is 394 g/mol. The molecule has 0 spiro atoms. The molecule has 4 heteroatoms. The van der Waals surface area contributed by atoms with Gasteiger partial charge in [-0.15, -0.1) is 0 Å². The van der Waals surface area contributed by atoms with E-state index >= 15 is 0 Å². The first-order valence-corrected chi connectivity index (χ1v) is 6.04. The minimum absolute atomic E-state index is 0. The smallest absolute Gasteiger partial charge is 0.0840 e. The maximum atomic E-state index is 2.32. The van der Waals surface area contributed by atoms with Crippen molar-refractivity contribution in [1.82, 2.24) is 0 Å². The minimum Gasteiger partial charge on any atom is -1.00 e. The number of hydrogen-bond acceptors (Lipinski definition) is 0. The van der Waals surface area contributed by atoms with E-state index < -0.39 is 0 Å². The standard InChI is InChI=1S/C12H30N2.2CH4.2BrH/c1-7-14(8-2,9-3)12-10-11-13(4,5)6;;;;/h7-12H2,1-6H3;2*1H4;2*1H/q+2;;;;/p-2. The molecule has 0 atom stereocenters. The average Bonchev–Trinajstić information content (AvgIpc) is 2.11. The summed E-state index contributed by atoms with van der Waals surface area (Å²) in [7, 11) is 6.83. The van der Waals surface area contributed by atoms with Crippen LogP contribution in [-0.4, -0.2) is 62.8 Å². The van der Waals surface area contributed by atoms with Crippen molar-refractivity contribution in [1.29, 1.82) is 0 Å². The zero-order chi connectivity index (χ0) is 11.2. The molecule has 0 radical (unpaired) electrons. The van der Waals surface area contributed by atoms with Gasteiger partial charge in [0.15, 0.2) is 0 Å². The van der Waals surface area contributed by atoms with Crippen LogP contribution >= 0.6 is 0 Å². The predicted octanol–water partition coefficient (Wildman–Crippen LogP) is -2.76. The molecule has 0 aliphatic rings. The van der Waals surface area contributed by atoms with Gasteiger partial charge in [-0.3, -0.25) is 0 Å². The lowest BCUT2D eigenvalue weighted by molar-refractivity contribution is -0.929. The Hall–Kier alpha value is 0.880. The molecule has 0 rings (SSSR count). The topological polar surface area (TPSA) is 0 Å². The molecule has 0 N–H and O–H groups in total. The molecule has 0 heterocycles. The Morgan fingerprint density at radius 2 is 1.00 bits per heavy atom. The second-order valence-corrected chi connectivity index (χ2v) is 5.38. The highest BCUT2D eigenvalue weighted by Gasteiger charge is 2.21. The molecule has 0 amide bonds. The molecule has 0 aromatic rings. The predicted molar refractivity (Wildman–Crippen MR) is 77.7 cm³/mol. The van der Waals surface area contributed by atoms with Crippen molar-refractivity contribution < 1.29 is 42.9 Å². The van der Waals surface area contributed by atoms with E-state index in [0.29, 0.717) is 0 Å². The molecule has 0 saturated heterocycles. The van der Waals surface area contributed by atoms with Crippen LogP contribution < -0.4 is 34.0 Å². The lowest BCUT2D eigenvalue weighted by atomic mass is 10.2. The Labute approximate surface area is 138 Å². The van der Waals surface area contributed by atoms with E-state index in [4.69, 9.17) is 0 Å². The Morgan fingerprint density at radius 3 is 1.22 bits per heavy atom. The lowest BCUT2D eigenvalue weighted by Gasteiger charge is -2.36. The highest BCUT2D eigenvalue weighted by atomic mass is 79.9. The van der Waals surface area contributed by atoms with Crippen molar-refractivity contribution in [2.75, 3.05) is 53.9 Å². The maximum absolute atomic E-state index is 2.32. The Kier molecular flexibility index (Phi) is 24.9. The molecule has 18 heavy (non-hydrogen) atoms. The zero-order valence-corrected chi connectivity index (χ0v) is 15.1. The van der Waals surface area contributed by atoms with Crippen LogP contribution in [0.4, 0.5) is 0 Å². The minimum atomic E-state index is 0. The van der Waals surface area contributed by atoms with Gasteiger partial charge in [-0.2, -0.15) is 0 Å². The second-order valence-electron chi connectivity index (χ2n) is 5.38. The molecule has 0 aliphatic heterocycles. The van der Waals surface area contributed by atoms with Gasteiger partial charge in [0.05, 0.1) is 53.9 Å². The summed E-state index contributed by atoms with van der Waals surface area (Å²) >= 11 is 0. The number of halogens is 2. The van der Waals surface area contributed by atoms with Crippen molar-refractivity contribution >= 4 is 0 Å². The number of quaternary nitrogens is 2. The largest absolute Gasteiger partial charge is 1.00 e. The first-order chi connectivity index (χ1) is 6.39. The number of rotatable bonds is 7. The van der Waals surface area contributed by atoms with Gasteiger partial charge >= 0.3 is 0 Å². The first kappa shape index (κ1) is 31.3. The van der Waals surface area contributed by atoms with Crippen molar-refractivity contribution in [3.8, 4) is 0 Å².